The van der Waals surface area contributed by atoms with Crippen molar-refractivity contribution in [3.05, 3.63) is 34.0 Å². The summed E-state index contributed by atoms with van der Waals surface area (Å²) in [5.41, 5.74) is 5.78. The molecule has 0 aliphatic rings. The van der Waals surface area contributed by atoms with Crippen LogP contribution in [-0.2, 0) is 13.1 Å². The maximum absolute atomic E-state index is 12.8. The van der Waals surface area contributed by atoms with Gasteiger partial charge in [-0.15, -0.1) is 11.3 Å². The second-order valence-corrected chi connectivity index (χ2v) is 4.86. The molecule has 0 aromatic carbocycles. The fraction of sp³-hybridized carbons (Fsp3) is 0.273. The third-order valence-corrected chi connectivity index (χ3v) is 3.32. The lowest BCUT2D eigenvalue weighted by Gasteiger charge is -2.06. The Bertz CT molecular complexity index is 581. The lowest BCUT2D eigenvalue weighted by molar-refractivity contribution is 0.0990. The number of halogens is 2. The molecular weight excluding hydrogens is 274 g/mol. The first-order chi connectivity index (χ1) is 9.11. The van der Waals surface area contributed by atoms with E-state index in [1.165, 1.54) is 16.9 Å². The highest BCUT2D eigenvalue weighted by Crippen LogP contribution is 2.19. The maximum atomic E-state index is 12.8. The minimum absolute atomic E-state index is 0.0341. The number of carbonyl (C=O) groups excluding carboxylic acids is 1. The third kappa shape index (κ3) is 3.08. The summed E-state index contributed by atoms with van der Waals surface area (Å²) >= 11 is 1.01. The molecule has 8 heteroatoms. The summed E-state index contributed by atoms with van der Waals surface area (Å²) in [6.45, 7) is -0.332. The summed E-state index contributed by atoms with van der Waals surface area (Å²) in [6.07, 6.45) is 1.40. The van der Waals surface area contributed by atoms with Gasteiger partial charge in [0.15, 0.2) is 5.13 Å². The molecule has 2 aromatic rings. The largest absolute Gasteiger partial charge is 0.377 e. The average molecular weight is 286 g/mol. The van der Waals surface area contributed by atoms with Gasteiger partial charge in [-0.1, -0.05) is 0 Å². The summed E-state index contributed by atoms with van der Waals surface area (Å²) < 4.78 is 26.3. The predicted octanol–water partition coefficient (Wildman–Crippen LogP) is 1.76. The second-order valence-electron chi connectivity index (χ2n) is 3.74. The van der Waals surface area contributed by atoms with Gasteiger partial charge in [-0.3, -0.25) is 9.48 Å². The molecule has 5 nitrogen and oxygen atoms in total. The van der Waals surface area contributed by atoms with E-state index in [0.29, 0.717) is 12.2 Å². The number of amides is 1. The van der Waals surface area contributed by atoms with Gasteiger partial charge in [0.25, 0.3) is 5.91 Å². The quantitative estimate of drug-likeness (QED) is 0.850. The van der Waals surface area contributed by atoms with Crippen molar-refractivity contribution < 1.29 is 13.6 Å². The van der Waals surface area contributed by atoms with Gasteiger partial charge < -0.3 is 11.1 Å². The van der Waals surface area contributed by atoms with Gasteiger partial charge in [0.1, 0.15) is 12.4 Å². The molecule has 1 amide bonds. The molecule has 2 heterocycles. The molecule has 3 N–H and O–H groups in total. The van der Waals surface area contributed by atoms with E-state index in [2.05, 4.69) is 10.4 Å². The number of anilines is 1. The number of thiophene rings is 1. The van der Waals surface area contributed by atoms with Gasteiger partial charge >= 0.3 is 0 Å². The number of aryl methyl sites for hydroxylation is 1. The number of hydrogen-bond acceptors (Lipinski definition) is 4. The smallest absolute Gasteiger partial charge is 0.269 e. The fourth-order valence-electron chi connectivity index (χ4n) is 1.65. The van der Waals surface area contributed by atoms with Crippen molar-refractivity contribution in [2.24, 2.45) is 5.73 Å². The monoisotopic (exact) mass is 286 g/mol. The van der Waals surface area contributed by atoms with Crippen molar-refractivity contribution in [2.75, 3.05) is 12.0 Å². The Hall–Kier alpha value is -1.96. The predicted molar refractivity (Wildman–Crippen MR) is 68.3 cm³/mol. The topological polar surface area (TPSA) is 72.9 Å². The molecule has 0 bridgehead atoms. The maximum Gasteiger partial charge on any atom is 0.269 e. The highest BCUT2D eigenvalue weighted by molar-refractivity contribution is 7.10. The van der Waals surface area contributed by atoms with Crippen LogP contribution < -0.4 is 11.1 Å². The van der Waals surface area contributed by atoms with E-state index in [0.717, 1.165) is 16.2 Å². The van der Waals surface area contributed by atoms with Crippen molar-refractivity contribution in [2.45, 2.75) is 13.1 Å². The fourth-order valence-corrected chi connectivity index (χ4v) is 2.32. The molecule has 0 atom stereocenters. The summed E-state index contributed by atoms with van der Waals surface area (Å²) in [4.78, 5) is 12.1. The van der Waals surface area contributed by atoms with Crippen LogP contribution >= 0.6 is 11.3 Å². The number of hydrogen-bond donors (Lipinski definition) is 2. The van der Waals surface area contributed by atoms with E-state index in [9.17, 15) is 13.6 Å². The number of nitrogens with zero attached hydrogens (tertiary/aromatic N) is 2. The lowest BCUT2D eigenvalue weighted by atomic mass is 10.3. The van der Waals surface area contributed by atoms with Crippen LogP contribution in [0.3, 0.4) is 0 Å². The van der Waals surface area contributed by atoms with Gasteiger partial charge in [-0.25, -0.2) is 4.39 Å². The molecule has 102 valence electrons. The molecule has 0 aliphatic heterocycles. The van der Waals surface area contributed by atoms with Crippen LogP contribution in [-0.4, -0.2) is 22.4 Å². The summed E-state index contributed by atoms with van der Waals surface area (Å²) in [5.74, 6) is -0.689. The van der Waals surface area contributed by atoms with Crippen LogP contribution in [0.5, 0.6) is 0 Å². The minimum atomic E-state index is -0.689. The van der Waals surface area contributed by atoms with Gasteiger partial charge in [-0.2, -0.15) is 9.49 Å². The molecule has 0 saturated heterocycles. The third-order valence-electron chi connectivity index (χ3n) is 2.45. The van der Waals surface area contributed by atoms with Crippen LogP contribution in [0.25, 0.3) is 0 Å². The number of primary amides is 1. The van der Waals surface area contributed by atoms with Gasteiger partial charge in [-0.05, 0) is 12.1 Å². The standard InChI is InChI=1S/C11H12F2N4OS/c12-3-4-17-10(11(14)18)8(6-16-17)15-5-7-1-2-9(13)19-7/h1-2,6,15H,3-5H2,(H2,14,18). The van der Waals surface area contributed by atoms with Gasteiger partial charge in [0.2, 0.25) is 0 Å². The molecule has 19 heavy (non-hydrogen) atoms. The first kappa shape index (κ1) is 13.5. The van der Waals surface area contributed by atoms with Gasteiger partial charge in [0.05, 0.1) is 18.4 Å². The highest BCUT2D eigenvalue weighted by atomic mass is 32.1. The van der Waals surface area contributed by atoms with E-state index in [1.54, 1.807) is 6.07 Å². The van der Waals surface area contributed by atoms with Crippen LogP contribution in [0.2, 0.25) is 0 Å². The number of nitrogens with two attached hydrogens (primary N) is 1. The van der Waals surface area contributed by atoms with Crippen LogP contribution in [0, 0.1) is 5.13 Å². The van der Waals surface area contributed by atoms with Crippen molar-refractivity contribution in [3.8, 4) is 0 Å². The average Bonchev–Trinajstić information content (AvgIpc) is 2.93. The Labute approximate surface area is 112 Å². The van der Waals surface area contributed by atoms with E-state index in [-0.39, 0.29) is 17.4 Å². The zero-order valence-electron chi connectivity index (χ0n) is 9.90. The van der Waals surface area contributed by atoms with Crippen molar-refractivity contribution in [1.82, 2.24) is 9.78 Å². The number of carbonyl (C=O) groups is 1. The summed E-state index contributed by atoms with van der Waals surface area (Å²) in [5, 5.41) is 6.55. The molecule has 0 saturated carbocycles. The molecule has 0 fully saturated rings. The number of alkyl halides is 1. The Morgan fingerprint density at radius 3 is 2.89 bits per heavy atom. The van der Waals surface area contributed by atoms with E-state index in [4.69, 9.17) is 5.73 Å². The van der Waals surface area contributed by atoms with Crippen molar-refractivity contribution >= 4 is 22.9 Å². The molecule has 0 aliphatic carbocycles. The Morgan fingerprint density at radius 2 is 2.32 bits per heavy atom. The minimum Gasteiger partial charge on any atom is -0.377 e. The first-order valence-electron chi connectivity index (χ1n) is 5.51. The first-order valence-corrected chi connectivity index (χ1v) is 6.33. The molecule has 0 unspecified atom stereocenters. The number of nitrogens with one attached hydrogen (secondary N) is 1. The summed E-state index contributed by atoms with van der Waals surface area (Å²) in [7, 11) is 0. The molecule has 2 rings (SSSR count). The van der Waals surface area contributed by atoms with E-state index in [1.807, 2.05) is 0 Å². The number of aromatic nitrogens is 2. The van der Waals surface area contributed by atoms with Crippen LogP contribution in [0.4, 0.5) is 14.5 Å². The Kier molecular flexibility index (Phi) is 4.10. The lowest BCUT2D eigenvalue weighted by Crippen LogP contribution is -2.20. The highest BCUT2D eigenvalue weighted by Gasteiger charge is 2.15. The molecule has 0 radical (unpaired) electrons. The molecular formula is C11H12F2N4OS. The zero-order chi connectivity index (χ0) is 13.8. The van der Waals surface area contributed by atoms with Crippen LogP contribution in [0.15, 0.2) is 18.3 Å². The molecule has 0 spiro atoms. The van der Waals surface area contributed by atoms with Crippen LogP contribution in [0.1, 0.15) is 15.4 Å². The normalized spacial score (nSPS) is 10.6. The summed E-state index contributed by atoms with van der Waals surface area (Å²) in [6, 6.07) is 3.01. The van der Waals surface area contributed by atoms with Crippen molar-refractivity contribution in [1.29, 1.82) is 0 Å². The van der Waals surface area contributed by atoms with Crippen molar-refractivity contribution in [3.63, 3.8) is 0 Å². The molecule has 2 aromatic heterocycles. The number of rotatable bonds is 6. The second kappa shape index (κ2) is 5.79. The Balaban J connectivity index is 2.13. The Morgan fingerprint density at radius 1 is 1.53 bits per heavy atom. The van der Waals surface area contributed by atoms with Gasteiger partial charge in [0, 0.05) is 11.4 Å². The van der Waals surface area contributed by atoms with E-state index < -0.39 is 12.6 Å². The SMILES string of the molecule is NC(=O)c1c(NCc2ccc(F)s2)cnn1CCF. The van der Waals surface area contributed by atoms with E-state index >= 15 is 0 Å². The zero-order valence-corrected chi connectivity index (χ0v) is 10.7.